The smallest absolute Gasteiger partial charge is 0.265 e. The molecule has 4 heteroatoms. The lowest BCUT2D eigenvalue weighted by molar-refractivity contribution is 0.0954. The maximum atomic E-state index is 11.2. The number of hydrogen-bond acceptors (Lipinski definition) is 3. The minimum Gasteiger partial charge on any atom is -0.507 e. The lowest BCUT2D eigenvalue weighted by Gasteiger charge is -2.03. The van der Waals surface area contributed by atoms with Crippen LogP contribution >= 0.6 is 0 Å². The van der Waals surface area contributed by atoms with Crippen molar-refractivity contribution in [3.63, 3.8) is 0 Å². The summed E-state index contributed by atoms with van der Waals surface area (Å²) in [5.41, 5.74) is 2.53. The first-order valence-electron chi connectivity index (χ1n) is 4.45. The van der Waals surface area contributed by atoms with E-state index in [4.69, 9.17) is 5.84 Å². The third kappa shape index (κ3) is 1.62. The van der Waals surface area contributed by atoms with Crippen molar-refractivity contribution in [3.05, 3.63) is 42.0 Å². The summed E-state index contributed by atoms with van der Waals surface area (Å²) < 4.78 is 0. The van der Waals surface area contributed by atoms with Crippen LogP contribution in [-0.2, 0) is 0 Å². The summed E-state index contributed by atoms with van der Waals surface area (Å²) >= 11 is 0. The second kappa shape index (κ2) is 3.59. The van der Waals surface area contributed by atoms with Gasteiger partial charge in [-0.25, -0.2) is 5.84 Å². The van der Waals surface area contributed by atoms with Gasteiger partial charge in [-0.15, -0.1) is 0 Å². The second-order valence-electron chi connectivity index (χ2n) is 3.19. The lowest BCUT2D eigenvalue weighted by Crippen LogP contribution is -2.29. The minimum absolute atomic E-state index is 0.201. The van der Waals surface area contributed by atoms with Crippen molar-refractivity contribution in [2.24, 2.45) is 5.84 Å². The van der Waals surface area contributed by atoms with Crippen LogP contribution < -0.4 is 11.3 Å². The van der Waals surface area contributed by atoms with Crippen LogP contribution in [0.5, 0.6) is 5.75 Å². The Hall–Kier alpha value is -2.07. The van der Waals surface area contributed by atoms with E-state index in [9.17, 15) is 9.90 Å². The summed E-state index contributed by atoms with van der Waals surface area (Å²) in [5.74, 6) is 4.88. The maximum absolute atomic E-state index is 11.2. The van der Waals surface area contributed by atoms with Crippen LogP contribution in [0.15, 0.2) is 36.4 Å². The average molecular weight is 202 g/mol. The number of nitrogens with two attached hydrogens (primary N) is 1. The number of nitrogens with one attached hydrogen (secondary N) is 1. The highest BCUT2D eigenvalue weighted by molar-refractivity contribution is 5.99. The third-order valence-corrected chi connectivity index (χ3v) is 2.25. The molecule has 2 aromatic carbocycles. The highest BCUT2D eigenvalue weighted by Crippen LogP contribution is 2.24. The molecule has 0 saturated carbocycles. The predicted molar refractivity (Wildman–Crippen MR) is 57.3 cm³/mol. The van der Waals surface area contributed by atoms with E-state index in [1.165, 1.54) is 0 Å². The molecule has 0 aliphatic heterocycles. The molecule has 0 aromatic heterocycles. The summed E-state index contributed by atoms with van der Waals surface area (Å²) in [6, 6.07) is 10.1. The first-order valence-corrected chi connectivity index (χ1v) is 4.45. The Kier molecular flexibility index (Phi) is 2.27. The van der Waals surface area contributed by atoms with Gasteiger partial charge in [0.15, 0.2) is 0 Å². The zero-order valence-electron chi connectivity index (χ0n) is 7.90. The molecule has 15 heavy (non-hydrogen) atoms. The number of fused-ring (bicyclic) bond motifs is 1. The van der Waals surface area contributed by atoms with Crippen LogP contribution in [0, 0.1) is 0 Å². The van der Waals surface area contributed by atoms with Crippen molar-refractivity contribution in [2.45, 2.75) is 0 Å². The molecule has 0 saturated heterocycles. The molecular weight excluding hydrogens is 192 g/mol. The van der Waals surface area contributed by atoms with Crippen molar-refractivity contribution >= 4 is 16.7 Å². The number of amides is 1. The molecule has 2 aromatic rings. The predicted octanol–water partition coefficient (Wildman–Crippen LogP) is 1.15. The molecule has 0 radical (unpaired) electrons. The summed E-state index contributed by atoms with van der Waals surface area (Å²) in [5, 5.41) is 11.0. The maximum Gasteiger partial charge on any atom is 0.265 e. The number of phenolic OH excluding ortho intramolecular Hbond substituents is 1. The van der Waals surface area contributed by atoms with Crippen molar-refractivity contribution < 1.29 is 9.90 Å². The fourth-order valence-electron chi connectivity index (χ4n) is 1.49. The van der Waals surface area contributed by atoms with E-state index in [2.05, 4.69) is 5.43 Å². The van der Waals surface area contributed by atoms with E-state index in [1.807, 2.05) is 6.07 Å². The molecule has 1 amide bonds. The summed E-state index contributed by atoms with van der Waals surface area (Å²) in [7, 11) is 0. The fourth-order valence-corrected chi connectivity index (χ4v) is 1.49. The lowest BCUT2D eigenvalue weighted by atomic mass is 10.1. The van der Waals surface area contributed by atoms with E-state index in [0.29, 0.717) is 10.9 Å². The van der Waals surface area contributed by atoms with Gasteiger partial charge in [0, 0.05) is 10.9 Å². The van der Waals surface area contributed by atoms with Crippen LogP contribution in [0.2, 0.25) is 0 Å². The van der Waals surface area contributed by atoms with Crippen LogP contribution in [0.4, 0.5) is 0 Å². The SMILES string of the molecule is NNC(=O)c1ccc2c(O)cccc2c1. The Balaban J connectivity index is 2.62. The van der Waals surface area contributed by atoms with Crippen molar-refractivity contribution in [1.82, 2.24) is 5.43 Å². The highest BCUT2D eigenvalue weighted by Gasteiger charge is 2.05. The molecule has 0 fully saturated rings. The molecule has 4 N–H and O–H groups in total. The number of carbonyl (C=O) groups is 1. The number of hydrogen-bond donors (Lipinski definition) is 3. The largest absolute Gasteiger partial charge is 0.507 e. The van der Waals surface area contributed by atoms with Crippen LogP contribution in [0.25, 0.3) is 10.8 Å². The molecule has 0 aliphatic carbocycles. The summed E-state index contributed by atoms with van der Waals surface area (Å²) in [6.07, 6.45) is 0. The van der Waals surface area contributed by atoms with Gasteiger partial charge in [0.25, 0.3) is 5.91 Å². The first kappa shape index (κ1) is 9.48. The number of carbonyl (C=O) groups excluding carboxylic acids is 1. The molecule has 2 rings (SSSR count). The van der Waals surface area contributed by atoms with E-state index in [-0.39, 0.29) is 11.7 Å². The van der Waals surface area contributed by atoms with Gasteiger partial charge in [-0.2, -0.15) is 0 Å². The van der Waals surface area contributed by atoms with E-state index in [0.717, 1.165) is 5.39 Å². The van der Waals surface area contributed by atoms with Gasteiger partial charge in [-0.05, 0) is 29.7 Å². The quantitative estimate of drug-likeness (QED) is 0.369. The number of phenols is 1. The number of nitrogen functional groups attached to an aromatic ring is 1. The van der Waals surface area contributed by atoms with E-state index in [1.54, 1.807) is 30.3 Å². The molecular formula is C11H10N2O2. The van der Waals surface area contributed by atoms with Crippen molar-refractivity contribution in [2.75, 3.05) is 0 Å². The van der Waals surface area contributed by atoms with Gasteiger partial charge in [-0.3, -0.25) is 10.2 Å². The van der Waals surface area contributed by atoms with Gasteiger partial charge in [-0.1, -0.05) is 12.1 Å². The van der Waals surface area contributed by atoms with Crippen LogP contribution in [0.3, 0.4) is 0 Å². The third-order valence-electron chi connectivity index (χ3n) is 2.25. The fraction of sp³-hybridized carbons (Fsp3) is 0. The zero-order valence-corrected chi connectivity index (χ0v) is 7.90. The van der Waals surface area contributed by atoms with Gasteiger partial charge < -0.3 is 5.11 Å². The topological polar surface area (TPSA) is 75.3 Å². The van der Waals surface area contributed by atoms with Crippen molar-refractivity contribution in [3.8, 4) is 5.75 Å². The molecule has 4 nitrogen and oxygen atoms in total. The highest BCUT2D eigenvalue weighted by atomic mass is 16.3. The van der Waals surface area contributed by atoms with Crippen LogP contribution in [-0.4, -0.2) is 11.0 Å². The van der Waals surface area contributed by atoms with E-state index >= 15 is 0 Å². The molecule has 76 valence electrons. The van der Waals surface area contributed by atoms with Gasteiger partial charge >= 0.3 is 0 Å². The Morgan fingerprint density at radius 1 is 1.27 bits per heavy atom. The summed E-state index contributed by atoms with van der Waals surface area (Å²) in [4.78, 5) is 11.2. The van der Waals surface area contributed by atoms with Gasteiger partial charge in [0.2, 0.25) is 0 Å². The Morgan fingerprint density at radius 3 is 2.80 bits per heavy atom. The molecule has 0 aliphatic rings. The Bertz CT molecular complexity index is 523. The Morgan fingerprint density at radius 2 is 2.07 bits per heavy atom. The van der Waals surface area contributed by atoms with Gasteiger partial charge in [0.1, 0.15) is 5.75 Å². The number of benzene rings is 2. The average Bonchev–Trinajstić information content (AvgIpc) is 2.28. The Labute approximate surface area is 86.3 Å². The number of aromatic hydroxyl groups is 1. The zero-order chi connectivity index (χ0) is 10.8. The molecule has 0 heterocycles. The molecule has 0 unspecified atom stereocenters. The molecule has 0 bridgehead atoms. The monoisotopic (exact) mass is 202 g/mol. The molecule has 0 spiro atoms. The first-order chi connectivity index (χ1) is 7.22. The minimum atomic E-state index is -0.347. The normalized spacial score (nSPS) is 10.2. The van der Waals surface area contributed by atoms with Crippen LogP contribution in [0.1, 0.15) is 10.4 Å². The number of rotatable bonds is 1. The van der Waals surface area contributed by atoms with Crippen molar-refractivity contribution in [1.29, 1.82) is 0 Å². The van der Waals surface area contributed by atoms with Gasteiger partial charge in [0.05, 0.1) is 0 Å². The van der Waals surface area contributed by atoms with E-state index < -0.39 is 0 Å². The summed E-state index contributed by atoms with van der Waals surface area (Å²) in [6.45, 7) is 0. The standard InChI is InChI=1S/C11H10N2O2/c12-13-11(15)8-4-5-9-7(6-8)2-1-3-10(9)14/h1-6,14H,12H2,(H,13,15). The number of hydrazine groups is 1. The second-order valence-corrected chi connectivity index (χ2v) is 3.19. The molecule has 0 atom stereocenters.